The molecule has 29 heavy (non-hydrogen) atoms. The molecular weight excluding hydrogens is 388 g/mol. The van der Waals surface area contributed by atoms with E-state index in [0.29, 0.717) is 11.5 Å². The summed E-state index contributed by atoms with van der Waals surface area (Å²) >= 11 is 1.41. The molecule has 150 valence electrons. The molecule has 0 aliphatic heterocycles. The number of aryl methyl sites for hydroxylation is 1. The summed E-state index contributed by atoms with van der Waals surface area (Å²) in [5.74, 6) is 0.478. The summed E-state index contributed by atoms with van der Waals surface area (Å²) in [4.78, 5) is 25.4. The van der Waals surface area contributed by atoms with Gasteiger partial charge in [-0.15, -0.1) is 11.8 Å². The lowest BCUT2D eigenvalue weighted by Crippen LogP contribution is -2.44. The summed E-state index contributed by atoms with van der Waals surface area (Å²) in [5, 5.41) is -0.371. The molecule has 6 nitrogen and oxygen atoms in total. The van der Waals surface area contributed by atoms with Gasteiger partial charge in [-0.1, -0.05) is 35.9 Å². The van der Waals surface area contributed by atoms with Crippen molar-refractivity contribution in [1.82, 2.24) is 10.9 Å². The van der Waals surface area contributed by atoms with Crippen molar-refractivity contribution in [3.8, 4) is 5.75 Å². The number of rotatable bonds is 7. The molecule has 0 bridgehead atoms. The molecular formula is C22H22N2O4S. The lowest BCUT2D eigenvalue weighted by atomic mass is 10.2. The average Bonchev–Trinajstić information content (AvgIpc) is 3.22. The highest BCUT2D eigenvalue weighted by molar-refractivity contribution is 8.00. The number of benzene rings is 2. The van der Waals surface area contributed by atoms with E-state index in [4.69, 9.17) is 9.15 Å². The number of amides is 2. The Bertz CT molecular complexity index is 954. The summed E-state index contributed by atoms with van der Waals surface area (Å²) in [6, 6.07) is 20.4. The highest BCUT2D eigenvalue weighted by Gasteiger charge is 2.17. The fourth-order valence-electron chi connectivity index (χ4n) is 2.40. The quantitative estimate of drug-likeness (QED) is 0.453. The molecule has 2 N–H and O–H groups in total. The van der Waals surface area contributed by atoms with Crippen molar-refractivity contribution in [1.29, 1.82) is 0 Å². The molecule has 3 aromatic rings. The lowest BCUT2D eigenvalue weighted by molar-refractivity contribution is -0.121. The van der Waals surface area contributed by atoms with Crippen molar-refractivity contribution >= 4 is 23.6 Å². The number of hydrogen-bond acceptors (Lipinski definition) is 5. The number of furan rings is 1. The third-order valence-electron chi connectivity index (χ3n) is 4.01. The minimum atomic E-state index is -0.531. The van der Waals surface area contributed by atoms with Gasteiger partial charge in [0.05, 0.1) is 5.25 Å². The second kappa shape index (κ2) is 9.84. The summed E-state index contributed by atoms with van der Waals surface area (Å²) in [5.41, 5.74) is 5.96. The second-order valence-corrected chi connectivity index (χ2v) is 7.80. The first-order valence-electron chi connectivity index (χ1n) is 9.11. The van der Waals surface area contributed by atoms with Crippen LogP contribution in [0, 0.1) is 6.92 Å². The summed E-state index contributed by atoms with van der Waals surface area (Å²) in [7, 11) is 0. The van der Waals surface area contributed by atoms with E-state index < -0.39 is 5.91 Å². The van der Waals surface area contributed by atoms with Gasteiger partial charge in [0, 0.05) is 4.90 Å². The van der Waals surface area contributed by atoms with Gasteiger partial charge in [0.25, 0.3) is 5.91 Å². The highest BCUT2D eigenvalue weighted by atomic mass is 32.2. The van der Waals surface area contributed by atoms with Crippen molar-refractivity contribution in [2.24, 2.45) is 0 Å². The molecule has 0 spiro atoms. The predicted octanol–water partition coefficient (Wildman–Crippen LogP) is 4.11. The van der Waals surface area contributed by atoms with Crippen molar-refractivity contribution < 1.29 is 18.7 Å². The van der Waals surface area contributed by atoms with E-state index in [1.54, 1.807) is 13.0 Å². The molecule has 2 amide bonds. The van der Waals surface area contributed by atoms with Gasteiger partial charge in [-0.25, -0.2) is 0 Å². The normalized spacial score (nSPS) is 11.5. The number of carbonyl (C=O) groups is 2. The van der Waals surface area contributed by atoms with Crippen LogP contribution in [-0.4, -0.2) is 17.1 Å². The molecule has 1 atom stereocenters. The number of ether oxygens (including phenoxy) is 1. The number of para-hydroxylation sites is 1. The maximum atomic E-state index is 12.2. The Morgan fingerprint density at radius 3 is 2.45 bits per heavy atom. The van der Waals surface area contributed by atoms with Gasteiger partial charge in [0.1, 0.15) is 18.1 Å². The molecule has 7 heteroatoms. The molecule has 0 fully saturated rings. The van der Waals surface area contributed by atoms with Gasteiger partial charge in [0.15, 0.2) is 5.76 Å². The van der Waals surface area contributed by atoms with Crippen LogP contribution in [-0.2, 0) is 11.4 Å². The van der Waals surface area contributed by atoms with Crippen LogP contribution in [0.25, 0.3) is 0 Å². The maximum Gasteiger partial charge on any atom is 0.305 e. The summed E-state index contributed by atoms with van der Waals surface area (Å²) < 4.78 is 11.1. The standard InChI is InChI=1S/C22H22N2O4S/c1-15-8-11-19(12-9-15)29-16(2)21(25)23-24-22(26)20-13-10-18(28-20)14-27-17-6-4-3-5-7-17/h3-13,16H,14H2,1-2H3,(H,23,25)(H,24,26)/t16-/m1/s1. The Labute approximate surface area is 173 Å². The number of nitrogens with one attached hydrogen (secondary N) is 2. The summed E-state index contributed by atoms with van der Waals surface area (Å²) in [6.45, 7) is 3.99. The van der Waals surface area contributed by atoms with Crippen LogP contribution < -0.4 is 15.6 Å². The zero-order valence-corrected chi connectivity index (χ0v) is 17.0. The van der Waals surface area contributed by atoms with Crippen LogP contribution in [0.3, 0.4) is 0 Å². The largest absolute Gasteiger partial charge is 0.486 e. The van der Waals surface area contributed by atoms with Crippen molar-refractivity contribution in [2.75, 3.05) is 0 Å². The monoisotopic (exact) mass is 410 g/mol. The van der Waals surface area contributed by atoms with E-state index in [2.05, 4.69) is 10.9 Å². The smallest absolute Gasteiger partial charge is 0.305 e. The van der Waals surface area contributed by atoms with Crippen LogP contribution in [0.5, 0.6) is 5.75 Å². The molecule has 0 saturated heterocycles. The Hall–Kier alpha value is -3.19. The zero-order chi connectivity index (χ0) is 20.6. The minimum absolute atomic E-state index is 0.0933. The average molecular weight is 410 g/mol. The SMILES string of the molecule is Cc1ccc(S[C@H](C)C(=O)NNC(=O)c2ccc(COc3ccccc3)o2)cc1. The number of carbonyl (C=O) groups excluding carboxylic acids is 2. The van der Waals surface area contributed by atoms with Gasteiger partial charge in [0.2, 0.25) is 0 Å². The Balaban J connectivity index is 1.45. The molecule has 3 rings (SSSR count). The van der Waals surface area contributed by atoms with Gasteiger partial charge in [-0.05, 0) is 50.2 Å². The Kier molecular flexibility index (Phi) is 6.97. The zero-order valence-electron chi connectivity index (χ0n) is 16.2. The molecule has 0 aliphatic carbocycles. The number of hydrogen-bond donors (Lipinski definition) is 2. The topological polar surface area (TPSA) is 80.6 Å². The van der Waals surface area contributed by atoms with E-state index in [0.717, 1.165) is 10.5 Å². The number of hydrazine groups is 1. The molecule has 0 saturated carbocycles. The van der Waals surface area contributed by atoms with E-state index in [1.807, 2.05) is 61.5 Å². The Morgan fingerprint density at radius 2 is 1.72 bits per heavy atom. The van der Waals surface area contributed by atoms with Crippen LogP contribution in [0.4, 0.5) is 0 Å². The highest BCUT2D eigenvalue weighted by Crippen LogP contribution is 2.23. The third kappa shape index (κ3) is 6.15. The van der Waals surface area contributed by atoms with Gasteiger partial charge in [-0.3, -0.25) is 20.4 Å². The van der Waals surface area contributed by atoms with Crippen molar-refractivity contribution in [3.63, 3.8) is 0 Å². The lowest BCUT2D eigenvalue weighted by Gasteiger charge is -2.12. The summed E-state index contributed by atoms with van der Waals surface area (Å²) in [6.07, 6.45) is 0. The molecule has 2 aromatic carbocycles. The second-order valence-electron chi connectivity index (χ2n) is 6.38. The molecule has 0 unspecified atom stereocenters. The van der Waals surface area contributed by atoms with Crippen LogP contribution in [0.2, 0.25) is 0 Å². The van der Waals surface area contributed by atoms with Crippen LogP contribution in [0.1, 0.15) is 28.8 Å². The fourth-order valence-corrected chi connectivity index (χ4v) is 3.27. The van der Waals surface area contributed by atoms with Gasteiger partial charge in [-0.2, -0.15) is 0 Å². The third-order valence-corrected chi connectivity index (χ3v) is 5.12. The van der Waals surface area contributed by atoms with Crippen molar-refractivity contribution in [3.05, 3.63) is 83.8 Å². The first-order valence-corrected chi connectivity index (χ1v) is 9.99. The van der Waals surface area contributed by atoms with E-state index >= 15 is 0 Å². The van der Waals surface area contributed by atoms with Gasteiger partial charge < -0.3 is 9.15 Å². The molecule has 0 aliphatic rings. The van der Waals surface area contributed by atoms with Crippen LogP contribution in [0.15, 0.2) is 76.0 Å². The Morgan fingerprint density at radius 1 is 1.00 bits per heavy atom. The van der Waals surface area contributed by atoms with E-state index in [9.17, 15) is 9.59 Å². The fraction of sp³-hybridized carbons (Fsp3) is 0.182. The molecule has 1 aromatic heterocycles. The van der Waals surface area contributed by atoms with E-state index in [1.165, 1.54) is 17.8 Å². The minimum Gasteiger partial charge on any atom is -0.486 e. The maximum absolute atomic E-state index is 12.2. The molecule has 1 heterocycles. The van der Waals surface area contributed by atoms with Crippen LogP contribution >= 0.6 is 11.8 Å². The first kappa shape index (κ1) is 20.5. The first-order chi connectivity index (χ1) is 14.0. The predicted molar refractivity (Wildman–Crippen MR) is 112 cm³/mol. The molecule has 0 radical (unpaired) electrons. The number of thioether (sulfide) groups is 1. The van der Waals surface area contributed by atoms with Gasteiger partial charge >= 0.3 is 5.91 Å². The van der Waals surface area contributed by atoms with E-state index in [-0.39, 0.29) is 23.5 Å². The van der Waals surface area contributed by atoms with Crippen molar-refractivity contribution in [2.45, 2.75) is 30.6 Å².